The van der Waals surface area contributed by atoms with Crippen LogP contribution in [0.5, 0.6) is 5.75 Å². The molecular weight excluding hydrogens is 376 g/mol. The van der Waals surface area contributed by atoms with E-state index in [1.807, 2.05) is 18.2 Å². The summed E-state index contributed by atoms with van der Waals surface area (Å²) in [4.78, 5) is 11.7. The quantitative estimate of drug-likeness (QED) is 0.648. The molecular formula is C25H28N2O3. The van der Waals surface area contributed by atoms with Crippen molar-refractivity contribution >= 4 is 16.9 Å². The normalized spacial score (nSPS) is 19.2. The third-order valence-corrected chi connectivity index (χ3v) is 6.83. The molecule has 2 aliphatic rings. The van der Waals surface area contributed by atoms with Gasteiger partial charge in [0, 0.05) is 29.1 Å². The van der Waals surface area contributed by atoms with Crippen molar-refractivity contribution < 1.29 is 14.6 Å². The molecule has 0 spiro atoms. The van der Waals surface area contributed by atoms with Crippen LogP contribution in [0.15, 0.2) is 36.4 Å². The molecule has 1 fully saturated rings. The van der Waals surface area contributed by atoms with Crippen LogP contribution in [0, 0.1) is 0 Å². The molecule has 2 aromatic carbocycles. The van der Waals surface area contributed by atoms with E-state index >= 15 is 0 Å². The number of hydrogen-bond donors (Lipinski definition) is 2. The van der Waals surface area contributed by atoms with Crippen LogP contribution in [0.25, 0.3) is 22.2 Å². The van der Waals surface area contributed by atoms with Gasteiger partial charge in [-0.25, -0.2) is 4.79 Å². The summed E-state index contributed by atoms with van der Waals surface area (Å²) in [5, 5.41) is 10.8. The fourth-order valence-corrected chi connectivity index (χ4v) is 5.47. The second-order valence-corrected chi connectivity index (χ2v) is 8.73. The maximum atomic E-state index is 11.7. The number of rotatable bonds is 3. The minimum absolute atomic E-state index is 0.0413. The average Bonchev–Trinajstić information content (AvgIpc) is 2.98. The van der Waals surface area contributed by atoms with Crippen LogP contribution in [-0.2, 0) is 13.0 Å². The van der Waals surface area contributed by atoms with Crippen molar-refractivity contribution in [1.82, 2.24) is 4.57 Å². The Morgan fingerprint density at radius 2 is 1.93 bits per heavy atom. The Bertz CT molecular complexity index is 1130. The van der Waals surface area contributed by atoms with Crippen LogP contribution in [0.2, 0.25) is 0 Å². The van der Waals surface area contributed by atoms with Crippen molar-refractivity contribution in [2.24, 2.45) is 5.73 Å². The standard InChI is InChI=1S/C25H28N2O3/c1-30-19-8-10-20-17(12-19)11-18(26)14-27-22-13-16(25(28)29)7-9-21(22)23(24(20)27)15-5-3-2-4-6-15/h7-10,12-13,15,18H,2-6,11,14,26H2,1H3,(H,28,29). The molecule has 2 heterocycles. The lowest BCUT2D eigenvalue weighted by Gasteiger charge is -2.24. The van der Waals surface area contributed by atoms with E-state index in [2.05, 4.69) is 16.7 Å². The molecule has 1 aliphatic carbocycles. The van der Waals surface area contributed by atoms with E-state index < -0.39 is 5.97 Å². The zero-order valence-corrected chi connectivity index (χ0v) is 17.4. The Morgan fingerprint density at radius 3 is 2.67 bits per heavy atom. The van der Waals surface area contributed by atoms with Gasteiger partial charge in [0.2, 0.25) is 0 Å². The molecule has 1 unspecified atom stereocenters. The maximum absolute atomic E-state index is 11.7. The summed E-state index contributed by atoms with van der Waals surface area (Å²) in [7, 11) is 1.69. The third kappa shape index (κ3) is 3.08. The third-order valence-electron chi connectivity index (χ3n) is 6.83. The number of fused-ring (bicyclic) bond motifs is 5. The maximum Gasteiger partial charge on any atom is 0.335 e. The predicted molar refractivity (Wildman–Crippen MR) is 118 cm³/mol. The van der Waals surface area contributed by atoms with Gasteiger partial charge in [-0.05, 0) is 66.6 Å². The first-order valence-corrected chi connectivity index (χ1v) is 10.9. The molecule has 5 heteroatoms. The molecule has 1 aliphatic heterocycles. The smallest absolute Gasteiger partial charge is 0.335 e. The summed E-state index contributed by atoms with van der Waals surface area (Å²) >= 11 is 0. The van der Waals surface area contributed by atoms with Crippen molar-refractivity contribution in [3.05, 3.63) is 53.1 Å². The lowest BCUT2D eigenvalue weighted by Crippen LogP contribution is -2.27. The Labute approximate surface area is 176 Å². The molecule has 1 saturated carbocycles. The topological polar surface area (TPSA) is 77.5 Å². The van der Waals surface area contributed by atoms with Gasteiger partial charge in [-0.3, -0.25) is 0 Å². The number of carbonyl (C=O) groups is 1. The van der Waals surface area contributed by atoms with Crippen LogP contribution < -0.4 is 10.5 Å². The molecule has 3 N–H and O–H groups in total. The van der Waals surface area contributed by atoms with E-state index in [0.29, 0.717) is 18.0 Å². The second kappa shape index (κ2) is 7.47. The van der Waals surface area contributed by atoms with Gasteiger partial charge in [0.25, 0.3) is 0 Å². The Balaban J connectivity index is 1.83. The number of nitrogens with zero attached hydrogens (tertiary/aromatic N) is 1. The van der Waals surface area contributed by atoms with Gasteiger partial charge in [0.1, 0.15) is 5.75 Å². The summed E-state index contributed by atoms with van der Waals surface area (Å²) in [6.07, 6.45) is 6.94. The minimum atomic E-state index is -0.894. The number of aromatic carboxylic acids is 1. The summed E-state index contributed by atoms with van der Waals surface area (Å²) in [6.45, 7) is 0.679. The van der Waals surface area contributed by atoms with E-state index in [1.54, 1.807) is 13.2 Å². The highest BCUT2D eigenvalue weighted by atomic mass is 16.5. The molecule has 1 aromatic heterocycles. The highest BCUT2D eigenvalue weighted by molar-refractivity contribution is 5.98. The number of hydrogen-bond acceptors (Lipinski definition) is 3. The van der Waals surface area contributed by atoms with Crippen LogP contribution >= 0.6 is 0 Å². The molecule has 0 amide bonds. The molecule has 30 heavy (non-hydrogen) atoms. The van der Waals surface area contributed by atoms with Gasteiger partial charge in [-0.2, -0.15) is 0 Å². The first-order chi connectivity index (χ1) is 14.6. The van der Waals surface area contributed by atoms with E-state index in [9.17, 15) is 9.90 Å². The lowest BCUT2D eigenvalue weighted by atomic mass is 9.81. The molecule has 3 aromatic rings. The zero-order chi connectivity index (χ0) is 20.8. The Morgan fingerprint density at radius 1 is 1.13 bits per heavy atom. The number of methoxy groups -OCH3 is 1. The number of aromatic nitrogens is 1. The number of ether oxygens (including phenoxy) is 1. The summed E-state index contributed by atoms with van der Waals surface area (Å²) < 4.78 is 7.77. The van der Waals surface area contributed by atoms with E-state index in [4.69, 9.17) is 10.5 Å². The summed E-state index contributed by atoms with van der Waals surface area (Å²) in [5.41, 5.74) is 12.9. The zero-order valence-electron chi connectivity index (χ0n) is 17.4. The van der Waals surface area contributed by atoms with Crippen LogP contribution in [0.1, 0.15) is 59.5 Å². The molecule has 0 bridgehead atoms. The SMILES string of the molecule is COc1ccc2c(c1)CC(N)Cn1c-2c(C2CCCCC2)c2ccc(C(=O)O)cc21. The fourth-order valence-electron chi connectivity index (χ4n) is 5.47. The molecule has 1 atom stereocenters. The van der Waals surface area contributed by atoms with E-state index in [1.165, 1.54) is 59.9 Å². The first-order valence-electron chi connectivity index (χ1n) is 10.9. The minimum Gasteiger partial charge on any atom is -0.497 e. The monoisotopic (exact) mass is 404 g/mol. The molecule has 0 radical (unpaired) electrons. The molecule has 0 saturated heterocycles. The number of benzene rings is 2. The van der Waals surface area contributed by atoms with Crippen molar-refractivity contribution in [3.63, 3.8) is 0 Å². The van der Waals surface area contributed by atoms with Crippen molar-refractivity contribution in [3.8, 4) is 17.0 Å². The first kappa shape index (κ1) is 19.2. The number of carboxylic acids is 1. The van der Waals surface area contributed by atoms with Crippen LogP contribution in [0.4, 0.5) is 0 Å². The highest BCUT2D eigenvalue weighted by Gasteiger charge is 2.30. The van der Waals surface area contributed by atoms with Crippen molar-refractivity contribution in [1.29, 1.82) is 0 Å². The average molecular weight is 405 g/mol. The van der Waals surface area contributed by atoms with E-state index in [0.717, 1.165) is 17.7 Å². The number of carboxylic acid groups (broad SMARTS) is 1. The molecule has 5 nitrogen and oxygen atoms in total. The highest BCUT2D eigenvalue weighted by Crippen LogP contribution is 2.46. The van der Waals surface area contributed by atoms with Gasteiger partial charge in [-0.1, -0.05) is 25.3 Å². The summed E-state index contributed by atoms with van der Waals surface area (Å²) in [6, 6.07) is 11.8. The van der Waals surface area contributed by atoms with E-state index in [-0.39, 0.29) is 6.04 Å². The van der Waals surface area contributed by atoms with Gasteiger partial charge in [-0.15, -0.1) is 0 Å². The molecule has 5 rings (SSSR count). The fraction of sp³-hybridized carbons (Fsp3) is 0.400. The summed E-state index contributed by atoms with van der Waals surface area (Å²) in [5.74, 6) is 0.449. The van der Waals surface area contributed by atoms with Crippen LogP contribution in [-0.4, -0.2) is 28.8 Å². The van der Waals surface area contributed by atoms with Gasteiger partial charge in [0.15, 0.2) is 0 Å². The molecule has 156 valence electrons. The van der Waals surface area contributed by atoms with Gasteiger partial charge < -0.3 is 20.1 Å². The van der Waals surface area contributed by atoms with Crippen molar-refractivity contribution in [2.75, 3.05) is 7.11 Å². The van der Waals surface area contributed by atoms with Crippen molar-refractivity contribution in [2.45, 2.75) is 57.0 Å². The largest absolute Gasteiger partial charge is 0.497 e. The van der Waals surface area contributed by atoms with Crippen LogP contribution in [0.3, 0.4) is 0 Å². The van der Waals surface area contributed by atoms with Gasteiger partial charge >= 0.3 is 5.97 Å². The predicted octanol–water partition coefficient (Wildman–Crippen LogP) is 4.95. The lowest BCUT2D eigenvalue weighted by molar-refractivity contribution is 0.0697. The number of nitrogens with two attached hydrogens (primary N) is 1. The van der Waals surface area contributed by atoms with Gasteiger partial charge in [0.05, 0.1) is 18.4 Å². The second-order valence-electron chi connectivity index (χ2n) is 8.73. The Hall–Kier alpha value is -2.79. The Kier molecular flexibility index (Phi) is 4.78.